The number of carbonyl (C=O) groups excluding carboxylic acids is 1. The SMILES string of the molecule is CN1CCN(Cc2cccc(NC(=O)CCc3cnn(-c4ccccc4)c3)c2)CC1. The number of piperazine rings is 1. The van der Waals surface area contributed by atoms with Gasteiger partial charge in [-0.3, -0.25) is 9.69 Å². The van der Waals surface area contributed by atoms with Crippen LogP contribution in [-0.4, -0.2) is 58.7 Å². The molecular weight excluding hydrogens is 374 g/mol. The molecule has 2 aromatic carbocycles. The number of anilines is 1. The summed E-state index contributed by atoms with van der Waals surface area (Å²) >= 11 is 0. The molecule has 2 heterocycles. The minimum absolute atomic E-state index is 0.0270. The molecule has 3 aromatic rings. The number of carbonyl (C=O) groups is 1. The third kappa shape index (κ3) is 5.55. The summed E-state index contributed by atoms with van der Waals surface area (Å²) < 4.78 is 1.84. The van der Waals surface area contributed by atoms with Gasteiger partial charge in [0.1, 0.15) is 0 Å². The van der Waals surface area contributed by atoms with Gasteiger partial charge in [0.2, 0.25) is 5.91 Å². The molecule has 4 rings (SSSR count). The molecule has 1 amide bonds. The van der Waals surface area contributed by atoms with Gasteiger partial charge in [0.05, 0.1) is 11.9 Å². The third-order valence-corrected chi connectivity index (χ3v) is 5.51. The first kappa shape index (κ1) is 20.3. The van der Waals surface area contributed by atoms with Gasteiger partial charge < -0.3 is 10.2 Å². The Labute approximate surface area is 178 Å². The van der Waals surface area contributed by atoms with Crippen LogP contribution in [0.5, 0.6) is 0 Å². The maximum Gasteiger partial charge on any atom is 0.224 e. The molecule has 0 atom stereocenters. The Morgan fingerprint density at radius 2 is 1.80 bits per heavy atom. The Kier molecular flexibility index (Phi) is 6.57. The molecule has 6 heteroatoms. The van der Waals surface area contributed by atoms with Gasteiger partial charge in [0.15, 0.2) is 0 Å². The molecule has 1 aliphatic heterocycles. The maximum absolute atomic E-state index is 12.4. The van der Waals surface area contributed by atoms with E-state index < -0.39 is 0 Å². The molecular formula is C24H29N5O. The highest BCUT2D eigenvalue weighted by atomic mass is 16.1. The quantitative estimate of drug-likeness (QED) is 0.658. The van der Waals surface area contributed by atoms with E-state index in [0.29, 0.717) is 12.8 Å². The monoisotopic (exact) mass is 403 g/mol. The molecule has 0 spiro atoms. The van der Waals surface area contributed by atoms with Crippen molar-refractivity contribution in [3.63, 3.8) is 0 Å². The molecule has 0 bridgehead atoms. The van der Waals surface area contributed by atoms with Crippen molar-refractivity contribution in [2.75, 3.05) is 38.5 Å². The lowest BCUT2D eigenvalue weighted by Gasteiger charge is -2.32. The van der Waals surface area contributed by atoms with Crippen LogP contribution in [0.3, 0.4) is 0 Å². The van der Waals surface area contributed by atoms with E-state index in [0.717, 1.165) is 49.7 Å². The minimum Gasteiger partial charge on any atom is -0.326 e. The van der Waals surface area contributed by atoms with Gasteiger partial charge in [-0.2, -0.15) is 5.10 Å². The maximum atomic E-state index is 12.4. The fourth-order valence-corrected chi connectivity index (χ4v) is 3.70. The van der Waals surface area contributed by atoms with Crippen molar-refractivity contribution in [1.29, 1.82) is 0 Å². The molecule has 30 heavy (non-hydrogen) atoms. The molecule has 1 saturated heterocycles. The van der Waals surface area contributed by atoms with Crippen LogP contribution in [0.1, 0.15) is 17.5 Å². The summed E-state index contributed by atoms with van der Waals surface area (Å²) in [5.74, 6) is 0.0270. The average molecular weight is 404 g/mol. The Morgan fingerprint density at radius 1 is 1.00 bits per heavy atom. The number of benzene rings is 2. The number of para-hydroxylation sites is 1. The summed E-state index contributed by atoms with van der Waals surface area (Å²) in [5, 5.41) is 7.44. The standard InChI is InChI=1S/C24H29N5O/c1-27-12-14-28(15-13-27)18-20-6-5-7-22(16-20)26-24(30)11-10-21-17-25-29(19-21)23-8-3-2-4-9-23/h2-9,16-17,19H,10-15,18H2,1H3,(H,26,30). The fourth-order valence-electron chi connectivity index (χ4n) is 3.70. The van der Waals surface area contributed by atoms with E-state index in [1.807, 2.05) is 59.5 Å². The van der Waals surface area contributed by atoms with Crippen molar-refractivity contribution in [2.24, 2.45) is 0 Å². The van der Waals surface area contributed by atoms with Gasteiger partial charge in [-0.05, 0) is 48.9 Å². The molecule has 1 fully saturated rings. The highest BCUT2D eigenvalue weighted by molar-refractivity contribution is 5.90. The van der Waals surface area contributed by atoms with E-state index >= 15 is 0 Å². The zero-order valence-corrected chi connectivity index (χ0v) is 17.5. The van der Waals surface area contributed by atoms with E-state index in [9.17, 15) is 4.79 Å². The number of hydrogen-bond acceptors (Lipinski definition) is 4. The molecule has 0 radical (unpaired) electrons. The zero-order chi connectivity index (χ0) is 20.8. The van der Waals surface area contributed by atoms with Crippen molar-refractivity contribution < 1.29 is 4.79 Å². The van der Waals surface area contributed by atoms with Gasteiger partial charge in [0, 0.05) is 51.0 Å². The van der Waals surface area contributed by atoms with Crippen LogP contribution >= 0.6 is 0 Å². The predicted molar refractivity (Wildman–Crippen MR) is 120 cm³/mol. The molecule has 0 saturated carbocycles. The van der Waals surface area contributed by atoms with Gasteiger partial charge in [-0.25, -0.2) is 4.68 Å². The number of amides is 1. The first-order valence-electron chi connectivity index (χ1n) is 10.5. The van der Waals surface area contributed by atoms with E-state index in [1.54, 1.807) is 0 Å². The predicted octanol–water partition coefficient (Wildman–Crippen LogP) is 3.19. The van der Waals surface area contributed by atoms with Crippen molar-refractivity contribution >= 4 is 11.6 Å². The second-order valence-corrected chi connectivity index (χ2v) is 7.96. The van der Waals surface area contributed by atoms with Gasteiger partial charge in [0.25, 0.3) is 0 Å². The summed E-state index contributed by atoms with van der Waals surface area (Å²) in [5.41, 5.74) is 4.18. The Bertz CT molecular complexity index is 960. The van der Waals surface area contributed by atoms with Crippen LogP contribution in [0.4, 0.5) is 5.69 Å². The van der Waals surface area contributed by atoms with E-state index in [2.05, 4.69) is 39.4 Å². The minimum atomic E-state index is 0.0270. The van der Waals surface area contributed by atoms with Crippen LogP contribution in [0, 0.1) is 0 Å². The second-order valence-electron chi connectivity index (χ2n) is 7.96. The lowest BCUT2D eigenvalue weighted by Crippen LogP contribution is -2.43. The van der Waals surface area contributed by atoms with Crippen LogP contribution in [-0.2, 0) is 17.8 Å². The number of hydrogen-bond donors (Lipinski definition) is 1. The number of likely N-dealkylation sites (N-methyl/N-ethyl adjacent to an activating group) is 1. The highest BCUT2D eigenvalue weighted by Crippen LogP contribution is 2.15. The van der Waals surface area contributed by atoms with Crippen LogP contribution in [0.2, 0.25) is 0 Å². The van der Waals surface area contributed by atoms with E-state index in [1.165, 1.54) is 5.56 Å². The van der Waals surface area contributed by atoms with E-state index in [4.69, 9.17) is 0 Å². The Balaban J connectivity index is 1.28. The highest BCUT2D eigenvalue weighted by Gasteiger charge is 2.14. The number of aryl methyl sites for hydroxylation is 1. The summed E-state index contributed by atoms with van der Waals surface area (Å²) in [4.78, 5) is 17.3. The van der Waals surface area contributed by atoms with E-state index in [-0.39, 0.29) is 5.91 Å². The summed E-state index contributed by atoms with van der Waals surface area (Å²) in [6.07, 6.45) is 4.92. The lowest BCUT2D eigenvalue weighted by molar-refractivity contribution is -0.116. The van der Waals surface area contributed by atoms with Crippen molar-refractivity contribution in [1.82, 2.24) is 19.6 Å². The zero-order valence-electron chi connectivity index (χ0n) is 17.5. The molecule has 0 unspecified atom stereocenters. The first-order chi connectivity index (χ1) is 14.7. The Morgan fingerprint density at radius 3 is 2.60 bits per heavy atom. The average Bonchev–Trinajstić information content (AvgIpc) is 3.24. The third-order valence-electron chi connectivity index (χ3n) is 5.51. The van der Waals surface area contributed by atoms with Gasteiger partial charge >= 0.3 is 0 Å². The molecule has 0 aliphatic carbocycles. The first-order valence-corrected chi connectivity index (χ1v) is 10.5. The fraction of sp³-hybridized carbons (Fsp3) is 0.333. The van der Waals surface area contributed by atoms with Crippen molar-refractivity contribution in [3.05, 3.63) is 78.1 Å². The lowest BCUT2D eigenvalue weighted by atomic mass is 10.1. The van der Waals surface area contributed by atoms with Crippen molar-refractivity contribution in [2.45, 2.75) is 19.4 Å². The molecule has 1 aromatic heterocycles. The summed E-state index contributed by atoms with van der Waals surface area (Å²) in [6.45, 7) is 5.32. The molecule has 156 valence electrons. The van der Waals surface area contributed by atoms with Crippen LogP contribution in [0.15, 0.2) is 67.0 Å². The topological polar surface area (TPSA) is 53.4 Å². The second kappa shape index (κ2) is 9.69. The molecule has 1 aliphatic rings. The Hall–Kier alpha value is -2.96. The van der Waals surface area contributed by atoms with Crippen LogP contribution in [0.25, 0.3) is 5.69 Å². The number of nitrogens with zero attached hydrogens (tertiary/aromatic N) is 4. The number of aromatic nitrogens is 2. The van der Waals surface area contributed by atoms with Gasteiger partial charge in [-0.15, -0.1) is 0 Å². The van der Waals surface area contributed by atoms with Gasteiger partial charge in [-0.1, -0.05) is 30.3 Å². The number of nitrogens with one attached hydrogen (secondary N) is 1. The molecule has 1 N–H and O–H groups in total. The number of rotatable bonds is 7. The summed E-state index contributed by atoms with van der Waals surface area (Å²) in [7, 11) is 2.17. The summed E-state index contributed by atoms with van der Waals surface area (Å²) in [6, 6.07) is 18.2. The largest absolute Gasteiger partial charge is 0.326 e. The van der Waals surface area contributed by atoms with Crippen molar-refractivity contribution in [3.8, 4) is 5.69 Å². The molecule has 6 nitrogen and oxygen atoms in total. The van der Waals surface area contributed by atoms with Crippen LogP contribution < -0.4 is 5.32 Å². The normalized spacial score (nSPS) is 15.2. The smallest absolute Gasteiger partial charge is 0.224 e.